The van der Waals surface area contributed by atoms with E-state index in [9.17, 15) is 4.79 Å². The quantitative estimate of drug-likeness (QED) is 0.675. The van der Waals surface area contributed by atoms with E-state index >= 15 is 0 Å². The van der Waals surface area contributed by atoms with E-state index in [1.807, 2.05) is 0 Å². The molecule has 0 aromatic heterocycles. The molecule has 0 aliphatic heterocycles. The van der Waals surface area contributed by atoms with Gasteiger partial charge in [-0.25, -0.2) is 9.79 Å². The highest BCUT2D eigenvalue weighted by Gasteiger charge is 2.10. The lowest BCUT2D eigenvalue weighted by molar-refractivity contribution is 0.158. The maximum absolute atomic E-state index is 11.7. The van der Waals surface area contributed by atoms with Crippen molar-refractivity contribution in [2.24, 2.45) is 4.99 Å². The molecule has 0 unspecified atom stereocenters. The van der Waals surface area contributed by atoms with Crippen molar-refractivity contribution in [2.75, 3.05) is 13.7 Å². The molecule has 1 N–H and O–H groups in total. The Bertz CT molecular complexity index is 682. The molecule has 0 aliphatic rings. The van der Waals surface area contributed by atoms with Crippen LogP contribution in [0.2, 0.25) is 5.02 Å². The molecule has 2 aromatic carbocycles. The monoisotopic (exact) mass is 332 g/mol. The number of rotatable bonds is 4. The molecule has 0 saturated heterocycles. The summed E-state index contributed by atoms with van der Waals surface area (Å²) in [6, 6.07) is 14.2. The lowest BCUT2D eigenvalue weighted by atomic mass is 10.2. The molecule has 0 spiro atoms. The predicted octanol–water partition coefficient (Wildman–Crippen LogP) is 4.17. The zero-order chi connectivity index (χ0) is 16.7. The summed E-state index contributed by atoms with van der Waals surface area (Å²) in [4.78, 5) is 16.2. The van der Waals surface area contributed by atoms with Gasteiger partial charge in [0.1, 0.15) is 11.6 Å². The Morgan fingerprint density at radius 3 is 2.35 bits per heavy atom. The van der Waals surface area contributed by atoms with Gasteiger partial charge in [-0.1, -0.05) is 11.6 Å². The molecule has 6 heteroatoms. The number of nitrogens with zero attached hydrogens (tertiary/aromatic N) is 1. The molecule has 5 nitrogen and oxygen atoms in total. The first kappa shape index (κ1) is 16.8. The van der Waals surface area contributed by atoms with E-state index in [0.29, 0.717) is 16.5 Å². The van der Waals surface area contributed by atoms with Crippen molar-refractivity contribution in [3.63, 3.8) is 0 Å². The zero-order valence-corrected chi connectivity index (χ0v) is 13.6. The highest BCUT2D eigenvalue weighted by Crippen LogP contribution is 2.18. The molecular weight excluding hydrogens is 316 g/mol. The summed E-state index contributed by atoms with van der Waals surface area (Å²) in [5.74, 6) is 1.10. The minimum absolute atomic E-state index is 0.280. The van der Waals surface area contributed by atoms with Crippen molar-refractivity contribution in [3.8, 4) is 5.75 Å². The number of alkyl carbamates (subject to hydrolysis) is 1. The number of hydrogen-bond donors (Lipinski definition) is 1. The number of amidine groups is 1. The Hall–Kier alpha value is -2.53. The molecule has 0 bridgehead atoms. The summed E-state index contributed by atoms with van der Waals surface area (Å²) in [6.45, 7) is 2.02. The number of aliphatic imine (C=N–C) groups is 1. The Kier molecular flexibility index (Phi) is 6.00. The highest BCUT2D eigenvalue weighted by molar-refractivity contribution is 6.30. The van der Waals surface area contributed by atoms with Gasteiger partial charge in [0.05, 0.1) is 19.4 Å². The van der Waals surface area contributed by atoms with Crippen molar-refractivity contribution < 1.29 is 14.3 Å². The third-order valence-electron chi connectivity index (χ3n) is 2.93. The van der Waals surface area contributed by atoms with Crippen LogP contribution in [0.1, 0.15) is 12.5 Å². The highest BCUT2D eigenvalue weighted by atomic mass is 35.5. The number of methoxy groups -OCH3 is 1. The van der Waals surface area contributed by atoms with Crippen molar-refractivity contribution in [1.82, 2.24) is 5.32 Å². The summed E-state index contributed by atoms with van der Waals surface area (Å²) in [6.07, 6.45) is -0.559. The van der Waals surface area contributed by atoms with E-state index in [-0.39, 0.29) is 6.61 Å². The van der Waals surface area contributed by atoms with Crippen LogP contribution >= 0.6 is 11.6 Å². The summed E-state index contributed by atoms with van der Waals surface area (Å²) in [7, 11) is 1.59. The van der Waals surface area contributed by atoms with Gasteiger partial charge < -0.3 is 9.47 Å². The normalized spacial score (nSPS) is 11.0. The van der Waals surface area contributed by atoms with Gasteiger partial charge in [-0.2, -0.15) is 0 Å². The minimum atomic E-state index is -0.559. The maximum atomic E-state index is 11.7. The average molecular weight is 333 g/mol. The molecule has 2 aromatic rings. The van der Waals surface area contributed by atoms with Gasteiger partial charge in [0.2, 0.25) is 0 Å². The molecule has 0 atom stereocenters. The van der Waals surface area contributed by atoms with Crippen LogP contribution in [0.3, 0.4) is 0 Å². The average Bonchev–Trinajstić information content (AvgIpc) is 2.56. The van der Waals surface area contributed by atoms with Crippen molar-refractivity contribution >= 4 is 29.2 Å². The molecule has 120 valence electrons. The zero-order valence-electron chi connectivity index (χ0n) is 12.9. The van der Waals surface area contributed by atoms with E-state index < -0.39 is 6.09 Å². The SMILES string of the molecule is CCOC(=O)NC(=Nc1ccc(Cl)cc1)c1ccc(OC)cc1. The molecular formula is C17H17ClN2O3. The van der Waals surface area contributed by atoms with Gasteiger partial charge in [0.15, 0.2) is 0 Å². The van der Waals surface area contributed by atoms with E-state index in [2.05, 4.69) is 10.3 Å². The molecule has 0 heterocycles. The van der Waals surface area contributed by atoms with Gasteiger partial charge in [-0.05, 0) is 55.5 Å². The molecule has 1 amide bonds. The van der Waals surface area contributed by atoms with Crippen molar-refractivity contribution in [1.29, 1.82) is 0 Å². The number of halogens is 1. The Morgan fingerprint density at radius 2 is 1.78 bits per heavy atom. The van der Waals surface area contributed by atoms with Gasteiger partial charge in [0.25, 0.3) is 0 Å². The molecule has 2 rings (SSSR count). The first-order valence-corrected chi connectivity index (χ1v) is 7.42. The third-order valence-corrected chi connectivity index (χ3v) is 3.18. The number of hydrogen-bond acceptors (Lipinski definition) is 4. The van der Waals surface area contributed by atoms with E-state index in [4.69, 9.17) is 21.1 Å². The summed E-state index contributed by atoms with van der Waals surface area (Å²) in [5.41, 5.74) is 1.39. The summed E-state index contributed by atoms with van der Waals surface area (Å²) >= 11 is 5.87. The largest absolute Gasteiger partial charge is 0.497 e. The number of benzene rings is 2. The number of carbonyl (C=O) groups excluding carboxylic acids is 1. The lowest BCUT2D eigenvalue weighted by Gasteiger charge is -2.10. The number of nitrogens with one attached hydrogen (secondary N) is 1. The van der Waals surface area contributed by atoms with Crippen LogP contribution in [0.4, 0.5) is 10.5 Å². The standard InChI is InChI=1S/C17H17ClN2O3/c1-3-23-17(21)20-16(12-4-10-15(22-2)11-5-12)19-14-8-6-13(18)7-9-14/h4-11H,3H2,1-2H3,(H,19,20,21). The van der Waals surface area contributed by atoms with Gasteiger partial charge in [0, 0.05) is 10.6 Å². The first-order chi connectivity index (χ1) is 11.1. The number of amides is 1. The third kappa shape index (κ3) is 5.00. The van der Waals surface area contributed by atoms with E-state index in [1.54, 1.807) is 62.6 Å². The van der Waals surface area contributed by atoms with Crippen LogP contribution in [0.5, 0.6) is 5.75 Å². The Balaban J connectivity index is 2.33. The Morgan fingerprint density at radius 1 is 1.13 bits per heavy atom. The fourth-order valence-corrected chi connectivity index (χ4v) is 1.95. The summed E-state index contributed by atoms with van der Waals surface area (Å²) < 4.78 is 10.1. The second-order valence-electron chi connectivity index (χ2n) is 4.51. The molecule has 0 aliphatic carbocycles. The fraction of sp³-hybridized carbons (Fsp3) is 0.176. The predicted molar refractivity (Wildman–Crippen MR) is 90.8 cm³/mol. The molecule has 0 radical (unpaired) electrons. The lowest BCUT2D eigenvalue weighted by Crippen LogP contribution is -2.31. The van der Waals surface area contributed by atoms with Crippen LogP contribution < -0.4 is 10.1 Å². The molecule has 0 fully saturated rings. The maximum Gasteiger partial charge on any atom is 0.412 e. The second kappa shape index (κ2) is 8.19. The van der Waals surface area contributed by atoms with E-state index in [0.717, 1.165) is 11.3 Å². The van der Waals surface area contributed by atoms with Crippen molar-refractivity contribution in [2.45, 2.75) is 6.92 Å². The first-order valence-electron chi connectivity index (χ1n) is 7.05. The van der Waals surface area contributed by atoms with Gasteiger partial charge in [-0.15, -0.1) is 0 Å². The fourth-order valence-electron chi connectivity index (χ4n) is 1.82. The topological polar surface area (TPSA) is 59.9 Å². The van der Waals surface area contributed by atoms with Crippen LogP contribution in [0.25, 0.3) is 0 Å². The van der Waals surface area contributed by atoms with Crippen LogP contribution in [-0.2, 0) is 4.74 Å². The van der Waals surface area contributed by atoms with Gasteiger partial charge >= 0.3 is 6.09 Å². The number of carbonyl (C=O) groups is 1. The minimum Gasteiger partial charge on any atom is -0.497 e. The van der Waals surface area contributed by atoms with Crippen LogP contribution in [0.15, 0.2) is 53.5 Å². The number of ether oxygens (including phenoxy) is 2. The van der Waals surface area contributed by atoms with Crippen LogP contribution in [0, 0.1) is 0 Å². The smallest absolute Gasteiger partial charge is 0.412 e. The van der Waals surface area contributed by atoms with E-state index in [1.165, 1.54) is 0 Å². The van der Waals surface area contributed by atoms with Crippen LogP contribution in [-0.4, -0.2) is 25.6 Å². The van der Waals surface area contributed by atoms with Gasteiger partial charge in [-0.3, -0.25) is 5.32 Å². The Labute approximate surface area is 139 Å². The second-order valence-corrected chi connectivity index (χ2v) is 4.95. The summed E-state index contributed by atoms with van der Waals surface area (Å²) in [5, 5.41) is 3.27. The van der Waals surface area contributed by atoms with Crippen molar-refractivity contribution in [3.05, 3.63) is 59.1 Å². The molecule has 0 saturated carbocycles. The molecule has 23 heavy (non-hydrogen) atoms.